The SMILES string of the molecule is N#CC(=Cc1ccc(-c2ccc3c(c2)CCCN3CCC(=O)O)s1)C(=O)NCCCCC([NH3+])C(=O)[O-]. The van der Waals surface area contributed by atoms with Crippen LogP contribution in [0.1, 0.15) is 42.5 Å². The Labute approximate surface area is 213 Å². The summed E-state index contributed by atoms with van der Waals surface area (Å²) in [5.41, 5.74) is 6.82. The van der Waals surface area contributed by atoms with Crippen LogP contribution in [0.25, 0.3) is 16.5 Å². The minimum atomic E-state index is -1.18. The zero-order valence-electron chi connectivity index (χ0n) is 20.0. The van der Waals surface area contributed by atoms with Crippen LogP contribution in [0.15, 0.2) is 35.9 Å². The number of anilines is 1. The Kier molecular flexibility index (Phi) is 9.61. The van der Waals surface area contributed by atoms with E-state index in [1.165, 1.54) is 16.9 Å². The summed E-state index contributed by atoms with van der Waals surface area (Å²) >= 11 is 1.48. The molecule has 0 aliphatic carbocycles. The molecule has 1 amide bonds. The lowest BCUT2D eigenvalue weighted by Gasteiger charge is -2.31. The molecule has 0 fully saturated rings. The number of amides is 1. The molecule has 1 aliphatic rings. The van der Waals surface area contributed by atoms with Crippen LogP contribution in [-0.2, 0) is 20.8 Å². The van der Waals surface area contributed by atoms with Gasteiger partial charge in [-0.05, 0) is 67.2 Å². The van der Waals surface area contributed by atoms with E-state index < -0.39 is 23.9 Å². The molecule has 1 atom stereocenters. The number of hydrogen-bond donors (Lipinski definition) is 3. The number of carboxylic acid groups (broad SMARTS) is 2. The molecule has 3 rings (SSSR count). The maximum absolute atomic E-state index is 12.4. The number of aliphatic carboxylic acids is 2. The Morgan fingerprint density at radius 1 is 1.28 bits per heavy atom. The Morgan fingerprint density at radius 3 is 2.81 bits per heavy atom. The van der Waals surface area contributed by atoms with Gasteiger partial charge in [-0.1, -0.05) is 6.07 Å². The number of thiophene rings is 1. The summed E-state index contributed by atoms with van der Waals surface area (Å²) in [7, 11) is 0. The third-order valence-electron chi connectivity index (χ3n) is 6.05. The van der Waals surface area contributed by atoms with Gasteiger partial charge in [0.15, 0.2) is 0 Å². The molecule has 10 heteroatoms. The Morgan fingerprint density at radius 2 is 2.08 bits per heavy atom. The fourth-order valence-corrected chi connectivity index (χ4v) is 5.05. The van der Waals surface area contributed by atoms with Crippen molar-refractivity contribution in [2.45, 2.75) is 44.6 Å². The zero-order valence-corrected chi connectivity index (χ0v) is 20.8. The van der Waals surface area contributed by atoms with E-state index in [1.807, 2.05) is 30.3 Å². The second-order valence-electron chi connectivity index (χ2n) is 8.72. The number of carbonyl (C=O) groups excluding carboxylic acids is 2. The molecule has 2 aromatic rings. The average molecular weight is 511 g/mol. The summed E-state index contributed by atoms with van der Waals surface area (Å²) in [4.78, 5) is 38.0. The van der Waals surface area contributed by atoms with Crippen molar-refractivity contribution in [1.82, 2.24) is 5.32 Å². The number of nitrogens with one attached hydrogen (secondary N) is 1. The van der Waals surface area contributed by atoms with E-state index >= 15 is 0 Å². The Hall–Kier alpha value is -3.68. The topological polar surface area (TPSA) is 161 Å². The quantitative estimate of drug-likeness (QED) is 0.219. The summed E-state index contributed by atoms with van der Waals surface area (Å²) in [5, 5.41) is 31.8. The molecular weight excluding hydrogens is 480 g/mol. The number of hydrogen-bond acceptors (Lipinski definition) is 7. The van der Waals surface area contributed by atoms with Crippen LogP contribution in [0.2, 0.25) is 0 Å². The molecule has 190 valence electrons. The van der Waals surface area contributed by atoms with E-state index in [9.17, 15) is 24.8 Å². The van der Waals surface area contributed by atoms with Gasteiger partial charge >= 0.3 is 5.97 Å². The first-order chi connectivity index (χ1) is 17.3. The van der Waals surface area contributed by atoms with Crippen LogP contribution >= 0.6 is 11.3 Å². The average Bonchev–Trinajstić information content (AvgIpc) is 3.33. The number of rotatable bonds is 12. The third kappa shape index (κ3) is 7.41. The molecule has 0 bridgehead atoms. The number of carbonyl (C=O) groups is 3. The lowest BCUT2D eigenvalue weighted by Crippen LogP contribution is -2.68. The number of nitriles is 1. The van der Waals surface area contributed by atoms with Gasteiger partial charge in [-0.15, -0.1) is 11.3 Å². The summed E-state index contributed by atoms with van der Waals surface area (Å²) in [6.07, 6.45) is 5.13. The Balaban J connectivity index is 1.61. The van der Waals surface area contributed by atoms with Gasteiger partial charge in [0.2, 0.25) is 0 Å². The van der Waals surface area contributed by atoms with Crippen molar-refractivity contribution in [2.24, 2.45) is 0 Å². The zero-order chi connectivity index (χ0) is 26.1. The van der Waals surface area contributed by atoms with Crippen LogP contribution in [0.4, 0.5) is 5.69 Å². The van der Waals surface area contributed by atoms with Crippen molar-refractivity contribution in [3.05, 3.63) is 46.3 Å². The van der Waals surface area contributed by atoms with Crippen molar-refractivity contribution in [1.29, 1.82) is 5.26 Å². The second-order valence-corrected chi connectivity index (χ2v) is 9.83. The van der Waals surface area contributed by atoms with Crippen molar-refractivity contribution >= 4 is 40.9 Å². The van der Waals surface area contributed by atoms with Gasteiger partial charge in [-0.2, -0.15) is 5.26 Å². The van der Waals surface area contributed by atoms with Crippen LogP contribution in [-0.4, -0.2) is 48.6 Å². The molecule has 1 aliphatic heterocycles. The smallest absolute Gasteiger partial charge is 0.305 e. The van der Waals surface area contributed by atoms with Gasteiger partial charge in [0.05, 0.1) is 12.4 Å². The van der Waals surface area contributed by atoms with Gasteiger partial charge in [-0.3, -0.25) is 9.59 Å². The van der Waals surface area contributed by atoms with E-state index in [0.29, 0.717) is 32.4 Å². The monoisotopic (exact) mass is 510 g/mol. The molecule has 1 unspecified atom stereocenters. The van der Waals surface area contributed by atoms with Crippen molar-refractivity contribution in [3.63, 3.8) is 0 Å². The van der Waals surface area contributed by atoms with E-state index in [-0.39, 0.29) is 12.0 Å². The fourth-order valence-electron chi connectivity index (χ4n) is 4.10. The highest BCUT2D eigenvalue weighted by Crippen LogP contribution is 2.35. The van der Waals surface area contributed by atoms with Crippen molar-refractivity contribution in [2.75, 3.05) is 24.5 Å². The first kappa shape index (κ1) is 26.9. The number of carboxylic acids is 2. The fraction of sp³-hybridized carbons (Fsp3) is 0.385. The van der Waals surface area contributed by atoms with Crippen LogP contribution in [0.5, 0.6) is 0 Å². The van der Waals surface area contributed by atoms with Crippen LogP contribution in [0.3, 0.4) is 0 Å². The lowest BCUT2D eigenvalue weighted by molar-refractivity contribution is -0.438. The van der Waals surface area contributed by atoms with Gasteiger partial charge in [0.25, 0.3) is 5.91 Å². The number of fused-ring (bicyclic) bond motifs is 1. The minimum Gasteiger partial charge on any atom is -0.544 e. The molecule has 9 nitrogen and oxygen atoms in total. The van der Waals surface area contributed by atoms with E-state index in [4.69, 9.17) is 5.11 Å². The second kappa shape index (κ2) is 12.9. The van der Waals surface area contributed by atoms with E-state index in [2.05, 4.69) is 22.0 Å². The summed E-state index contributed by atoms with van der Waals surface area (Å²) in [6, 6.07) is 11.2. The molecule has 36 heavy (non-hydrogen) atoms. The molecule has 0 saturated carbocycles. The van der Waals surface area contributed by atoms with E-state index in [0.717, 1.165) is 40.4 Å². The normalized spacial score (nSPS) is 14.0. The van der Waals surface area contributed by atoms with Gasteiger partial charge in [0.1, 0.15) is 17.7 Å². The molecule has 1 aromatic heterocycles. The van der Waals surface area contributed by atoms with Crippen LogP contribution < -0.4 is 21.1 Å². The molecule has 5 N–H and O–H groups in total. The molecular formula is C26H30N4O5S. The molecule has 0 radical (unpaired) electrons. The predicted molar refractivity (Wildman–Crippen MR) is 135 cm³/mol. The highest BCUT2D eigenvalue weighted by molar-refractivity contribution is 7.16. The van der Waals surface area contributed by atoms with Crippen molar-refractivity contribution < 1.29 is 30.3 Å². The number of aryl methyl sites for hydroxylation is 1. The van der Waals surface area contributed by atoms with Gasteiger partial charge in [0, 0.05) is 41.5 Å². The molecule has 0 spiro atoms. The maximum atomic E-state index is 12.4. The lowest BCUT2D eigenvalue weighted by atomic mass is 9.98. The highest BCUT2D eigenvalue weighted by Gasteiger charge is 2.18. The number of benzene rings is 1. The molecule has 0 saturated heterocycles. The van der Waals surface area contributed by atoms with Crippen molar-refractivity contribution in [3.8, 4) is 16.5 Å². The van der Waals surface area contributed by atoms with Crippen LogP contribution in [0, 0.1) is 11.3 Å². The Bertz CT molecular complexity index is 1180. The number of nitrogens with zero attached hydrogens (tertiary/aromatic N) is 2. The highest BCUT2D eigenvalue weighted by atomic mass is 32.1. The largest absolute Gasteiger partial charge is 0.544 e. The van der Waals surface area contributed by atoms with Gasteiger partial charge in [-0.25, -0.2) is 0 Å². The first-order valence-corrected chi connectivity index (χ1v) is 12.7. The third-order valence-corrected chi connectivity index (χ3v) is 7.13. The number of quaternary nitrogens is 1. The summed E-state index contributed by atoms with van der Waals surface area (Å²) in [6.45, 7) is 1.68. The number of unbranched alkanes of at least 4 members (excludes halogenated alkanes) is 1. The van der Waals surface area contributed by atoms with E-state index in [1.54, 1.807) is 6.08 Å². The first-order valence-electron chi connectivity index (χ1n) is 11.9. The summed E-state index contributed by atoms with van der Waals surface area (Å²) < 4.78 is 0. The predicted octanol–water partition coefficient (Wildman–Crippen LogP) is 1.20. The van der Waals surface area contributed by atoms with Gasteiger partial charge < -0.3 is 31.0 Å². The standard InChI is InChI=1S/C26H30N4O5S/c27-16-19(25(33)29-11-2-1-5-21(28)26(34)35)15-20-7-9-23(36-20)18-6-8-22-17(14-18)4-3-12-30(22)13-10-24(31)32/h6-9,14-15,21H,1-5,10-13,28H2,(H,29,33)(H,31,32)(H,34,35). The molecule has 2 heterocycles. The minimum absolute atomic E-state index is 0.00711. The maximum Gasteiger partial charge on any atom is 0.305 e. The molecule has 1 aromatic carbocycles. The summed E-state index contributed by atoms with van der Waals surface area (Å²) in [5.74, 6) is -2.45.